The van der Waals surface area contributed by atoms with Crippen molar-refractivity contribution in [2.45, 2.75) is 11.8 Å². The van der Waals surface area contributed by atoms with Gasteiger partial charge in [-0.3, -0.25) is 14.3 Å². The summed E-state index contributed by atoms with van der Waals surface area (Å²) >= 11 is 0. The van der Waals surface area contributed by atoms with Crippen molar-refractivity contribution in [1.82, 2.24) is 9.97 Å². The molecule has 2 aromatic carbocycles. The van der Waals surface area contributed by atoms with Gasteiger partial charge in [-0.15, -0.1) is 0 Å². The van der Waals surface area contributed by atoms with E-state index in [2.05, 4.69) is 14.7 Å². The Morgan fingerprint density at radius 3 is 2.13 bits per heavy atom. The highest BCUT2D eigenvalue weighted by Gasteiger charge is 2.15. The summed E-state index contributed by atoms with van der Waals surface area (Å²) in [6.07, 6.45) is 0. The van der Waals surface area contributed by atoms with E-state index in [1.165, 1.54) is 18.2 Å². The van der Waals surface area contributed by atoms with Crippen LogP contribution in [0, 0.1) is 6.92 Å². The number of aryl methyl sites for hydroxylation is 1. The molecule has 0 aliphatic carbocycles. The third kappa shape index (κ3) is 3.02. The van der Waals surface area contributed by atoms with Crippen molar-refractivity contribution in [3.63, 3.8) is 0 Å². The zero-order valence-corrected chi connectivity index (χ0v) is 12.9. The lowest BCUT2D eigenvalue weighted by atomic mass is 10.2. The molecular weight excluding hydrogens is 318 g/mol. The Balaban J connectivity index is 2.04. The first kappa shape index (κ1) is 15.0. The van der Waals surface area contributed by atoms with Crippen LogP contribution in [0.5, 0.6) is 0 Å². The van der Waals surface area contributed by atoms with Crippen molar-refractivity contribution in [2.75, 3.05) is 4.72 Å². The number of aromatic amines is 2. The van der Waals surface area contributed by atoms with Gasteiger partial charge >= 0.3 is 11.1 Å². The monoisotopic (exact) mass is 331 g/mol. The van der Waals surface area contributed by atoms with Gasteiger partial charge < -0.3 is 9.97 Å². The lowest BCUT2D eigenvalue weighted by Crippen LogP contribution is -2.29. The Bertz CT molecular complexity index is 1100. The zero-order chi connectivity index (χ0) is 16.6. The minimum absolute atomic E-state index is 0.0201. The number of rotatable bonds is 3. The second kappa shape index (κ2) is 5.40. The molecule has 0 spiro atoms. The van der Waals surface area contributed by atoms with Crippen molar-refractivity contribution in [3.8, 4) is 0 Å². The molecule has 0 fully saturated rings. The summed E-state index contributed by atoms with van der Waals surface area (Å²) in [5, 5.41) is 0. The number of benzene rings is 2. The second-order valence-corrected chi connectivity index (χ2v) is 6.77. The van der Waals surface area contributed by atoms with Crippen molar-refractivity contribution in [1.29, 1.82) is 0 Å². The molecule has 118 valence electrons. The molecule has 0 atom stereocenters. The summed E-state index contributed by atoms with van der Waals surface area (Å²) in [7, 11) is -3.80. The van der Waals surface area contributed by atoms with Gasteiger partial charge in [-0.05, 0) is 37.3 Å². The summed E-state index contributed by atoms with van der Waals surface area (Å²) < 4.78 is 27.3. The fourth-order valence-corrected chi connectivity index (χ4v) is 3.18. The van der Waals surface area contributed by atoms with Gasteiger partial charge in [0.15, 0.2) is 0 Å². The van der Waals surface area contributed by atoms with E-state index < -0.39 is 21.1 Å². The fourth-order valence-electron chi connectivity index (χ4n) is 2.10. The molecule has 8 heteroatoms. The fraction of sp³-hybridized carbons (Fsp3) is 0.0667. The van der Waals surface area contributed by atoms with Crippen molar-refractivity contribution >= 4 is 26.7 Å². The summed E-state index contributed by atoms with van der Waals surface area (Å²) in [5.74, 6) is 0. The summed E-state index contributed by atoms with van der Waals surface area (Å²) in [5.41, 5.74) is 0.417. The highest BCUT2D eigenvalue weighted by atomic mass is 32.2. The predicted molar refractivity (Wildman–Crippen MR) is 87.2 cm³/mol. The number of nitrogens with one attached hydrogen (secondary N) is 3. The molecular formula is C15H13N3O4S. The molecule has 3 N–H and O–H groups in total. The Hall–Kier alpha value is -2.87. The quantitative estimate of drug-likeness (QED) is 0.628. The molecule has 1 heterocycles. The van der Waals surface area contributed by atoms with E-state index in [-0.39, 0.29) is 10.4 Å². The van der Waals surface area contributed by atoms with Gasteiger partial charge in [-0.1, -0.05) is 17.7 Å². The van der Waals surface area contributed by atoms with E-state index in [1.807, 2.05) is 6.92 Å². The molecule has 0 radical (unpaired) electrons. The van der Waals surface area contributed by atoms with Crippen LogP contribution in [0.1, 0.15) is 5.56 Å². The summed E-state index contributed by atoms with van der Waals surface area (Å²) in [4.78, 5) is 27.3. The van der Waals surface area contributed by atoms with Crippen LogP contribution < -0.4 is 15.8 Å². The maximum Gasteiger partial charge on any atom is 0.314 e. The molecule has 0 bridgehead atoms. The molecule has 3 aromatic rings. The van der Waals surface area contributed by atoms with E-state index in [0.29, 0.717) is 11.2 Å². The van der Waals surface area contributed by atoms with E-state index in [0.717, 1.165) is 5.56 Å². The minimum Gasteiger partial charge on any atom is -0.316 e. The molecule has 0 unspecified atom stereocenters. The lowest BCUT2D eigenvalue weighted by Gasteiger charge is -2.09. The summed E-state index contributed by atoms with van der Waals surface area (Å²) in [6, 6.07) is 11.0. The number of sulfonamides is 1. The molecule has 0 amide bonds. The van der Waals surface area contributed by atoms with Gasteiger partial charge in [0.1, 0.15) is 0 Å². The maximum absolute atomic E-state index is 12.4. The molecule has 1 aromatic heterocycles. The van der Waals surface area contributed by atoms with E-state index >= 15 is 0 Å². The SMILES string of the molecule is Cc1ccc(NS(=O)(=O)c2ccc3[nH]c(=O)c(=O)[nH]c3c2)cc1. The molecule has 0 aliphatic heterocycles. The third-order valence-electron chi connectivity index (χ3n) is 3.31. The number of hydrogen-bond donors (Lipinski definition) is 3. The van der Waals surface area contributed by atoms with Crippen LogP contribution in [0.2, 0.25) is 0 Å². The Morgan fingerprint density at radius 2 is 1.48 bits per heavy atom. The van der Waals surface area contributed by atoms with Gasteiger partial charge in [0.25, 0.3) is 10.0 Å². The lowest BCUT2D eigenvalue weighted by molar-refractivity contribution is 0.601. The molecule has 0 aliphatic rings. The normalized spacial score (nSPS) is 11.5. The van der Waals surface area contributed by atoms with E-state index in [1.54, 1.807) is 24.3 Å². The van der Waals surface area contributed by atoms with Crippen molar-refractivity contribution in [2.24, 2.45) is 0 Å². The van der Waals surface area contributed by atoms with Crippen LogP contribution in [0.4, 0.5) is 5.69 Å². The first-order valence-electron chi connectivity index (χ1n) is 6.71. The average Bonchev–Trinajstić information content (AvgIpc) is 2.50. The third-order valence-corrected chi connectivity index (χ3v) is 4.69. The smallest absolute Gasteiger partial charge is 0.314 e. The number of anilines is 1. The Morgan fingerprint density at radius 1 is 0.870 bits per heavy atom. The first-order chi connectivity index (χ1) is 10.8. The average molecular weight is 331 g/mol. The van der Waals surface area contributed by atoms with Gasteiger partial charge in [0, 0.05) is 5.69 Å². The Labute approximate surface area is 131 Å². The van der Waals surface area contributed by atoms with Crippen LogP contribution in [-0.4, -0.2) is 18.4 Å². The second-order valence-electron chi connectivity index (χ2n) is 5.09. The van der Waals surface area contributed by atoms with Crippen molar-refractivity contribution < 1.29 is 8.42 Å². The van der Waals surface area contributed by atoms with Crippen LogP contribution in [0.3, 0.4) is 0 Å². The van der Waals surface area contributed by atoms with Crippen molar-refractivity contribution in [3.05, 3.63) is 68.7 Å². The van der Waals surface area contributed by atoms with Crippen LogP contribution in [0.15, 0.2) is 56.9 Å². The molecule has 7 nitrogen and oxygen atoms in total. The predicted octanol–water partition coefficient (Wildman–Crippen LogP) is 1.33. The number of H-pyrrole nitrogens is 2. The number of aromatic nitrogens is 2. The molecule has 3 rings (SSSR count). The Kier molecular flexibility index (Phi) is 3.53. The van der Waals surface area contributed by atoms with Crippen LogP contribution >= 0.6 is 0 Å². The minimum atomic E-state index is -3.80. The van der Waals surface area contributed by atoms with Gasteiger partial charge in [-0.25, -0.2) is 8.42 Å². The summed E-state index contributed by atoms with van der Waals surface area (Å²) in [6.45, 7) is 1.90. The standard InChI is InChI=1S/C15H13N3O4S/c1-9-2-4-10(5-3-9)18-23(21,22)11-6-7-12-13(8-11)17-15(20)14(19)16-12/h2-8,18H,1H3,(H,16,19)(H,17,20). The largest absolute Gasteiger partial charge is 0.316 e. The number of hydrogen-bond acceptors (Lipinski definition) is 4. The van der Waals surface area contributed by atoms with Gasteiger partial charge in [0.05, 0.1) is 15.9 Å². The van der Waals surface area contributed by atoms with E-state index in [9.17, 15) is 18.0 Å². The molecule has 0 saturated carbocycles. The van der Waals surface area contributed by atoms with Gasteiger partial charge in [-0.2, -0.15) is 0 Å². The van der Waals surface area contributed by atoms with Crippen LogP contribution in [-0.2, 0) is 10.0 Å². The first-order valence-corrected chi connectivity index (χ1v) is 8.19. The topological polar surface area (TPSA) is 112 Å². The maximum atomic E-state index is 12.4. The zero-order valence-electron chi connectivity index (χ0n) is 12.1. The van der Waals surface area contributed by atoms with Crippen LogP contribution in [0.25, 0.3) is 11.0 Å². The number of fused-ring (bicyclic) bond motifs is 1. The highest BCUT2D eigenvalue weighted by molar-refractivity contribution is 7.92. The molecule has 23 heavy (non-hydrogen) atoms. The van der Waals surface area contributed by atoms with E-state index in [4.69, 9.17) is 0 Å². The molecule has 0 saturated heterocycles. The van der Waals surface area contributed by atoms with Gasteiger partial charge in [0.2, 0.25) is 0 Å². The highest BCUT2D eigenvalue weighted by Crippen LogP contribution is 2.18.